The second kappa shape index (κ2) is 7.99. The minimum absolute atomic E-state index is 0.0556. The summed E-state index contributed by atoms with van der Waals surface area (Å²) in [6.45, 7) is 6.86. The van der Waals surface area contributed by atoms with E-state index in [9.17, 15) is 8.42 Å². The van der Waals surface area contributed by atoms with Gasteiger partial charge in [0.05, 0.1) is 17.0 Å². The number of sulfonamides is 1. The summed E-state index contributed by atoms with van der Waals surface area (Å²) in [5.74, 6) is 0. The van der Waals surface area contributed by atoms with Crippen LogP contribution in [-0.4, -0.2) is 38.5 Å². The molecule has 1 aliphatic rings. The first-order valence-corrected chi connectivity index (χ1v) is 11.4. The maximum Gasteiger partial charge on any atom is 0.263 e. The summed E-state index contributed by atoms with van der Waals surface area (Å²) in [6.07, 6.45) is 1.63. The van der Waals surface area contributed by atoms with E-state index in [4.69, 9.17) is 16.0 Å². The lowest BCUT2D eigenvalue weighted by Crippen LogP contribution is -2.53. The number of nitrogens with one attached hydrogen (secondary N) is 2. The Labute approximate surface area is 175 Å². The zero-order valence-electron chi connectivity index (χ0n) is 16.4. The van der Waals surface area contributed by atoms with Crippen LogP contribution in [0.1, 0.15) is 19.4 Å². The van der Waals surface area contributed by atoms with Crippen LogP contribution in [0.3, 0.4) is 0 Å². The van der Waals surface area contributed by atoms with Gasteiger partial charge in [-0.3, -0.25) is 9.62 Å². The highest BCUT2D eigenvalue weighted by molar-refractivity contribution is 7.92. The quantitative estimate of drug-likeness (QED) is 0.634. The van der Waals surface area contributed by atoms with Crippen molar-refractivity contribution in [2.45, 2.75) is 37.4 Å². The fourth-order valence-corrected chi connectivity index (χ4v) is 5.30. The highest BCUT2D eigenvalue weighted by atomic mass is 35.5. The highest BCUT2D eigenvalue weighted by Crippen LogP contribution is 2.29. The van der Waals surface area contributed by atoms with Gasteiger partial charge in [0.25, 0.3) is 10.0 Å². The molecule has 6 nitrogen and oxygen atoms in total. The average molecular weight is 434 g/mol. The van der Waals surface area contributed by atoms with E-state index in [-0.39, 0.29) is 9.92 Å². The molecule has 1 aromatic heterocycles. The molecule has 2 aromatic carbocycles. The lowest BCUT2D eigenvalue weighted by atomic mass is 10.1. The molecule has 3 aromatic rings. The topological polar surface area (TPSA) is 74.6 Å². The third kappa shape index (κ3) is 4.28. The first-order valence-electron chi connectivity index (χ1n) is 9.58. The van der Waals surface area contributed by atoms with E-state index in [1.165, 1.54) is 6.07 Å². The van der Waals surface area contributed by atoms with Crippen LogP contribution in [0.4, 0.5) is 5.69 Å². The number of anilines is 1. The molecule has 2 atom stereocenters. The van der Waals surface area contributed by atoms with Gasteiger partial charge in [0.2, 0.25) is 0 Å². The summed E-state index contributed by atoms with van der Waals surface area (Å²) in [5.41, 5.74) is 2.22. The van der Waals surface area contributed by atoms with E-state index in [2.05, 4.69) is 28.8 Å². The van der Waals surface area contributed by atoms with Crippen molar-refractivity contribution >= 4 is 38.3 Å². The Morgan fingerprint density at radius 3 is 2.83 bits per heavy atom. The fourth-order valence-electron chi connectivity index (χ4n) is 3.74. The normalized spacial score (nSPS) is 20.8. The van der Waals surface area contributed by atoms with Gasteiger partial charge in [-0.1, -0.05) is 23.7 Å². The molecule has 29 heavy (non-hydrogen) atoms. The van der Waals surface area contributed by atoms with Crippen molar-refractivity contribution in [3.05, 3.63) is 59.3 Å². The molecule has 8 heteroatoms. The molecule has 154 valence electrons. The molecule has 0 aliphatic carbocycles. The van der Waals surface area contributed by atoms with E-state index >= 15 is 0 Å². The maximum atomic E-state index is 12.9. The number of benzene rings is 2. The number of hydrogen-bond acceptors (Lipinski definition) is 5. The van der Waals surface area contributed by atoms with E-state index in [1.54, 1.807) is 30.5 Å². The molecular weight excluding hydrogens is 410 g/mol. The summed E-state index contributed by atoms with van der Waals surface area (Å²) in [5, 5.41) is 4.52. The molecule has 0 saturated carbocycles. The number of halogens is 1. The summed E-state index contributed by atoms with van der Waals surface area (Å²) in [7, 11) is -3.80. The van der Waals surface area contributed by atoms with E-state index in [0.717, 1.165) is 29.6 Å². The Morgan fingerprint density at radius 1 is 1.24 bits per heavy atom. The van der Waals surface area contributed by atoms with Crippen LogP contribution in [0.25, 0.3) is 11.0 Å². The van der Waals surface area contributed by atoms with Gasteiger partial charge in [0.15, 0.2) is 0 Å². The van der Waals surface area contributed by atoms with Crippen molar-refractivity contribution < 1.29 is 12.8 Å². The number of furan rings is 1. The number of nitrogens with zero attached hydrogens (tertiary/aromatic N) is 1. The molecule has 4 rings (SSSR count). The molecule has 1 aliphatic heterocycles. The zero-order chi connectivity index (χ0) is 20.6. The van der Waals surface area contributed by atoms with Gasteiger partial charge in [-0.2, -0.15) is 0 Å². The van der Waals surface area contributed by atoms with Crippen molar-refractivity contribution in [3.63, 3.8) is 0 Å². The number of fused-ring (bicyclic) bond motifs is 1. The van der Waals surface area contributed by atoms with Gasteiger partial charge >= 0.3 is 0 Å². The second-order valence-corrected chi connectivity index (χ2v) is 9.66. The molecular formula is C21H24ClN3O3S. The highest BCUT2D eigenvalue weighted by Gasteiger charge is 2.24. The first-order chi connectivity index (χ1) is 13.8. The minimum atomic E-state index is -3.80. The van der Waals surface area contributed by atoms with Gasteiger partial charge < -0.3 is 9.73 Å². The van der Waals surface area contributed by atoms with Crippen LogP contribution in [0.2, 0.25) is 5.02 Å². The smallest absolute Gasteiger partial charge is 0.263 e. The van der Waals surface area contributed by atoms with Gasteiger partial charge in [-0.15, -0.1) is 0 Å². The molecule has 1 fully saturated rings. The molecule has 0 unspecified atom stereocenters. The predicted octanol–water partition coefficient (Wildman–Crippen LogP) is 4.07. The average Bonchev–Trinajstić information content (AvgIpc) is 3.13. The van der Waals surface area contributed by atoms with Crippen molar-refractivity contribution in [2.24, 2.45) is 0 Å². The zero-order valence-corrected chi connectivity index (χ0v) is 17.9. The Morgan fingerprint density at radius 2 is 2.03 bits per heavy atom. The second-order valence-electron chi connectivity index (χ2n) is 7.60. The van der Waals surface area contributed by atoms with Crippen molar-refractivity contribution in [2.75, 3.05) is 17.8 Å². The number of rotatable bonds is 5. The maximum absolute atomic E-state index is 12.9. The van der Waals surface area contributed by atoms with Crippen LogP contribution >= 0.6 is 11.6 Å². The van der Waals surface area contributed by atoms with Crippen molar-refractivity contribution in [1.29, 1.82) is 0 Å². The lowest BCUT2D eigenvalue weighted by Gasteiger charge is -2.37. The van der Waals surface area contributed by atoms with Crippen LogP contribution in [-0.2, 0) is 16.6 Å². The number of piperazine rings is 1. The lowest BCUT2D eigenvalue weighted by molar-refractivity contribution is 0.139. The van der Waals surface area contributed by atoms with E-state index < -0.39 is 10.0 Å². The molecule has 2 heterocycles. The summed E-state index contributed by atoms with van der Waals surface area (Å²) in [4.78, 5) is 2.44. The molecule has 0 spiro atoms. The van der Waals surface area contributed by atoms with Gasteiger partial charge in [0.1, 0.15) is 10.5 Å². The molecule has 0 radical (unpaired) electrons. The Bertz CT molecular complexity index is 1130. The Hall–Kier alpha value is -2.06. The fraction of sp³-hybridized carbons (Fsp3) is 0.333. The monoisotopic (exact) mass is 433 g/mol. The van der Waals surface area contributed by atoms with Gasteiger partial charge in [-0.05, 0) is 44.2 Å². The van der Waals surface area contributed by atoms with E-state index in [1.807, 2.05) is 12.1 Å². The Kier molecular flexibility index (Phi) is 5.57. The van der Waals surface area contributed by atoms with E-state index in [0.29, 0.717) is 24.3 Å². The standard InChI is InChI=1S/C21H24ClN3O3S/c1-14-12-25(15(2)11-23-14)13-17-10-18(9-16-7-8-28-21(16)17)24-29(26,27)20-6-4-3-5-19(20)22/h3-10,14-15,23-24H,11-13H2,1-2H3/t14-,15+/m1/s1. The van der Waals surface area contributed by atoms with Crippen molar-refractivity contribution in [1.82, 2.24) is 10.2 Å². The summed E-state index contributed by atoms with van der Waals surface area (Å²) >= 11 is 6.10. The Balaban J connectivity index is 1.67. The largest absolute Gasteiger partial charge is 0.464 e. The third-order valence-electron chi connectivity index (χ3n) is 5.27. The number of hydrogen-bond donors (Lipinski definition) is 2. The summed E-state index contributed by atoms with van der Waals surface area (Å²) in [6, 6.07) is 12.7. The van der Waals surface area contributed by atoms with Crippen LogP contribution < -0.4 is 10.0 Å². The third-order valence-corrected chi connectivity index (χ3v) is 7.15. The minimum Gasteiger partial charge on any atom is -0.464 e. The molecule has 0 amide bonds. The molecule has 0 bridgehead atoms. The van der Waals surface area contributed by atoms with Crippen LogP contribution in [0.15, 0.2) is 58.0 Å². The SMILES string of the molecule is C[C@@H]1CN(Cc2cc(NS(=O)(=O)c3ccccc3Cl)cc3ccoc23)[C@@H](C)CN1. The molecule has 2 N–H and O–H groups in total. The van der Waals surface area contributed by atoms with Gasteiger partial charge in [0, 0.05) is 42.7 Å². The van der Waals surface area contributed by atoms with Crippen LogP contribution in [0, 0.1) is 0 Å². The van der Waals surface area contributed by atoms with Crippen LogP contribution in [0.5, 0.6) is 0 Å². The molecule has 1 saturated heterocycles. The van der Waals surface area contributed by atoms with Crippen molar-refractivity contribution in [3.8, 4) is 0 Å². The summed E-state index contributed by atoms with van der Waals surface area (Å²) < 4.78 is 34.1. The predicted molar refractivity (Wildman–Crippen MR) is 116 cm³/mol. The first kappa shape index (κ1) is 20.2. The van der Waals surface area contributed by atoms with Gasteiger partial charge in [-0.25, -0.2) is 8.42 Å².